The Bertz CT molecular complexity index is 800. The molecule has 0 aliphatic rings. The SMILES string of the molecule is COc1ccc(-c2nnc(CC(=O)NCc3cccnc3)o2)cc1. The zero-order chi connectivity index (χ0) is 16.8. The van der Waals surface area contributed by atoms with Crippen LogP contribution in [0, 0.1) is 0 Å². The van der Waals surface area contributed by atoms with E-state index in [0.717, 1.165) is 16.9 Å². The summed E-state index contributed by atoms with van der Waals surface area (Å²) >= 11 is 0. The van der Waals surface area contributed by atoms with Gasteiger partial charge in [-0.15, -0.1) is 10.2 Å². The molecule has 0 spiro atoms. The lowest BCUT2D eigenvalue weighted by molar-refractivity contribution is -0.120. The first kappa shape index (κ1) is 15.7. The number of pyridine rings is 1. The van der Waals surface area contributed by atoms with E-state index in [1.165, 1.54) is 0 Å². The Morgan fingerprint density at radius 1 is 1.21 bits per heavy atom. The predicted octanol–water partition coefficient (Wildman–Crippen LogP) is 2.00. The Balaban J connectivity index is 1.58. The van der Waals surface area contributed by atoms with Gasteiger partial charge in [0.05, 0.1) is 7.11 Å². The van der Waals surface area contributed by atoms with Gasteiger partial charge in [-0.3, -0.25) is 9.78 Å². The minimum Gasteiger partial charge on any atom is -0.497 e. The molecule has 0 fully saturated rings. The number of ether oxygens (including phenoxy) is 1. The highest BCUT2D eigenvalue weighted by Gasteiger charge is 2.12. The summed E-state index contributed by atoms with van der Waals surface area (Å²) in [5, 5.41) is 10.7. The molecule has 1 N–H and O–H groups in total. The van der Waals surface area contributed by atoms with Crippen LogP contribution >= 0.6 is 0 Å². The molecule has 24 heavy (non-hydrogen) atoms. The number of nitrogens with zero attached hydrogens (tertiary/aromatic N) is 3. The van der Waals surface area contributed by atoms with E-state index in [1.54, 1.807) is 31.6 Å². The second kappa shape index (κ2) is 7.36. The largest absolute Gasteiger partial charge is 0.497 e. The van der Waals surface area contributed by atoms with Crippen LogP contribution in [0.1, 0.15) is 11.5 Å². The van der Waals surface area contributed by atoms with E-state index in [9.17, 15) is 4.79 Å². The molecule has 0 aliphatic heterocycles. The van der Waals surface area contributed by atoms with Crippen molar-refractivity contribution in [3.63, 3.8) is 0 Å². The van der Waals surface area contributed by atoms with E-state index in [-0.39, 0.29) is 18.2 Å². The van der Waals surface area contributed by atoms with Gasteiger partial charge < -0.3 is 14.5 Å². The molecule has 1 amide bonds. The fraction of sp³-hybridized carbons (Fsp3) is 0.176. The molecule has 2 aromatic heterocycles. The molecule has 7 heteroatoms. The number of aromatic nitrogens is 3. The third kappa shape index (κ3) is 3.95. The maximum atomic E-state index is 11.9. The van der Waals surface area contributed by atoms with E-state index in [2.05, 4.69) is 20.5 Å². The van der Waals surface area contributed by atoms with Crippen molar-refractivity contribution in [3.8, 4) is 17.2 Å². The molecule has 1 aromatic carbocycles. The van der Waals surface area contributed by atoms with Crippen molar-refractivity contribution in [2.45, 2.75) is 13.0 Å². The van der Waals surface area contributed by atoms with Crippen LogP contribution in [0.5, 0.6) is 5.75 Å². The van der Waals surface area contributed by atoms with Gasteiger partial charge in [0.15, 0.2) is 0 Å². The lowest BCUT2D eigenvalue weighted by atomic mass is 10.2. The van der Waals surface area contributed by atoms with E-state index in [1.807, 2.05) is 24.3 Å². The topological polar surface area (TPSA) is 90.1 Å². The van der Waals surface area contributed by atoms with Crippen molar-refractivity contribution in [1.82, 2.24) is 20.5 Å². The van der Waals surface area contributed by atoms with Crippen LogP contribution in [-0.2, 0) is 17.8 Å². The van der Waals surface area contributed by atoms with Gasteiger partial charge in [0, 0.05) is 24.5 Å². The zero-order valence-electron chi connectivity index (χ0n) is 13.1. The second-order valence-corrected chi connectivity index (χ2v) is 5.04. The highest BCUT2D eigenvalue weighted by molar-refractivity contribution is 5.77. The molecule has 0 atom stereocenters. The molecule has 0 saturated heterocycles. The van der Waals surface area contributed by atoms with Crippen molar-refractivity contribution < 1.29 is 13.9 Å². The smallest absolute Gasteiger partial charge is 0.247 e. The van der Waals surface area contributed by atoms with Gasteiger partial charge in [-0.2, -0.15) is 0 Å². The number of benzene rings is 1. The van der Waals surface area contributed by atoms with E-state index < -0.39 is 0 Å². The first-order chi connectivity index (χ1) is 11.7. The molecule has 0 bridgehead atoms. The predicted molar refractivity (Wildman–Crippen MR) is 86.1 cm³/mol. The summed E-state index contributed by atoms with van der Waals surface area (Å²) in [5.74, 6) is 1.19. The maximum Gasteiger partial charge on any atom is 0.247 e. The molecule has 122 valence electrons. The van der Waals surface area contributed by atoms with Gasteiger partial charge in [-0.1, -0.05) is 6.07 Å². The zero-order valence-corrected chi connectivity index (χ0v) is 13.1. The molecule has 0 radical (unpaired) electrons. The minimum atomic E-state index is -0.191. The summed E-state index contributed by atoms with van der Waals surface area (Å²) in [7, 11) is 1.60. The number of rotatable bonds is 6. The monoisotopic (exact) mass is 324 g/mol. The number of hydrogen-bond acceptors (Lipinski definition) is 6. The van der Waals surface area contributed by atoms with Gasteiger partial charge in [-0.05, 0) is 35.9 Å². The maximum absolute atomic E-state index is 11.9. The first-order valence-electron chi connectivity index (χ1n) is 7.37. The third-order valence-electron chi connectivity index (χ3n) is 3.33. The molecule has 0 saturated carbocycles. The van der Waals surface area contributed by atoms with Crippen molar-refractivity contribution in [2.24, 2.45) is 0 Å². The number of amides is 1. The number of carbonyl (C=O) groups is 1. The van der Waals surface area contributed by atoms with Crippen LogP contribution in [0.2, 0.25) is 0 Å². The Labute approximate surface area is 138 Å². The fourth-order valence-electron chi connectivity index (χ4n) is 2.08. The fourth-order valence-corrected chi connectivity index (χ4v) is 2.08. The minimum absolute atomic E-state index is 0.0312. The van der Waals surface area contributed by atoms with Crippen LogP contribution in [0.15, 0.2) is 53.2 Å². The van der Waals surface area contributed by atoms with Crippen LogP contribution in [-0.4, -0.2) is 28.2 Å². The molecular formula is C17H16N4O3. The number of carbonyl (C=O) groups excluding carboxylic acids is 1. The van der Waals surface area contributed by atoms with Gasteiger partial charge >= 0.3 is 0 Å². The lowest BCUT2D eigenvalue weighted by Gasteiger charge is -2.02. The van der Waals surface area contributed by atoms with Crippen molar-refractivity contribution >= 4 is 5.91 Å². The van der Waals surface area contributed by atoms with Crippen molar-refractivity contribution in [2.75, 3.05) is 7.11 Å². The standard InChI is InChI=1S/C17H16N4O3/c1-23-14-6-4-13(5-7-14)17-21-20-16(24-17)9-15(22)19-11-12-3-2-8-18-10-12/h2-8,10H,9,11H2,1H3,(H,19,22). The van der Waals surface area contributed by atoms with Gasteiger partial charge in [-0.25, -0.2) is 0 Å². The average molecular weight is 324 g/mol. The van der Waals surface area contributed by atoms with Gasteiger partial charge in [0.1, 0.15) is 12.2 Å². The lowest BCUT2D eigenvalue weighted by Crippen LogP contribution is -2.24. The molecular weight excluding hydrogens is 308 g/mol. The number of methoxy groups -OCH3 is 1. The van der Waals surface area contributed by atoms with Crippen LogP contribution in [0.4, 0.5) is 0 Å². The van der Waals surface area contributed by atoms with Gasteiger partial charge in [0.25, 0.3) is 0 Å². The summed E-state index contributed by atoms with van der Waals surface area (Å²) in [6.45, 7) is 0.409. The van der Waals surface area contributed by atoms with E-state index in [0.29, 0.717) is 12.4 Å². The van der Waals surface area contributed by atoms with Crippen molar-refractivity contribution in [1.29, 1.82) is 0 Å². The number of hydrogen-bond donors (Lipinski definition) is 1. The summed E-state index contributed by atoms with van der Waals surface area (Å²) in [5.41, 5.74) is 1.70. The van der Waals surface area contributed by atoms with Crippen LogP contribution in [0.3, 0.4) is 0 Å². The Morgan fingerprint density at radius 3 is 2.75 bits per heavy atom. The molecule has 2 heterocycles. The summed E-state index contributed by atoms with van der Waals surface area (Å²) in [6.07, 6.45) is 3.42. The van der Waals surface area contributed by atoms with Crippen LogP contribution in [0.25, 0.3) is 11.5 Å². The first-order valence-corrected chi connectivity index (χ1v) is 7.37. The second-order valence-electron chi connectivity index (χ2n) is 5.04. The molecule has 0 unspecified atom stereocenters. The van der Waals surface area contributed by atoms with E-state index in [4.69, 9.17) is 9.15 Å². The highest BCUT2D eigenvalue weighted by Crippen LogP contribution is 2.21. The highest BCUT2D eigenvalue weighted by atomic mass is 16.5. The Hall–Kier alpha value is -3.22. The summed E-state index contributed by atoms with van der Waals surface area (Å²) in [6, 6.07) is 11.0. The molecule has 3 rings (SSSR count). The van der Waals surface area contributed by atoms with Gasteiger partial charge in [0.2, 0.25) is 17.7 Å². The Morgan fingerprint density at radius 2 is 2.04 bits per heavy atom. The van der Waals surface area contributed by atoms with Crippen molar-refractivity contribution in [3.05, 3.63) is 60.2 Å². The summed E-state index contributed by atoms with van der Waals surface area (Å²) < 4.78 is 10.6. The average Bonchev–Trinajstić information content (AvgIpc) is 3.09. The number of nitrogens with one attached hydrogen (secondary N) is 1. The molecule has 3 aromatic rings. The molecule has 7 nitrogen and oxygen atoms in total. The van der Waals surface area contributed by atoms with E-state index >= 15 is 0 Å². The summed E-state index contributed by atoms with van der Waals surface area (Å²) in [4.78, 5) is 15.9. The molecule has 0 aliphatic carbocycles. The Kier molecular flexibility index (Phi) is 4.81. The normalized spacial score (nSPS) is 10.4. The third-order valence-corrected chi connectivity index (χ3v) is 3.33. The van der Waals surface area contributed by atoms with Crippen LogP contribution < -0.4 is 10.1 Å². The quantitative estimate of drug-likeness (QED) is 0.746.